The number of carbonyl (C=O) groups excluding carboxylic acids is 1. The van der Waals surface area contributed by atoms with Crippen molar-refractivity contribution < 1.29 is 23.6 Å². The monoisotopic (exact) mass is 525 g/mol. The van der Waals surface area contributed by atoms with Crippen LogP contribution in [-0.4, -0.2) is 17.9 Å². The van der Waals surface area contributed by atoms with Gasteiger partial charge < -0.3 is 14.8 Å². The molecule has 0 radical (unpaired) electrons. The summed E-state index contributed by atoms with van der Waals surface area (Å²) in [7, 11) is 1.44. The van der Waals surface area contributed by atoms with Gasteiger partial charge in [-0.15, -0.1) is 0 Å². The zero-order valence-electron chi connectivity index (χ0n) is 17.7. The topological polar surface area (TPSA) is 114 Å². The van der Waals surface area contributed by atoms with Gasteiger partial charge in [0.15, 0.2) is 11.5 Å². The highest BCUT2D eigenvalue weighted by atomic mass is 79.9. The third kappa shape index (κ3) is 5.96. The summed E-state index contributed by atoms with van der Waals surface area (Å²) in [4.78, 5) is 22.8. The number of rotatable bonds is 8. The van der Waals surface area contributed by atoms with Crippen molar-refractivity contribution >= 4 is 39.3 Å². The van der Waals surface area contributed by atoms with E-state index in [1.54, 1.807) is 30.3 Å². The number of anilines is 1. The molecule has 10 heteroatoms. The number of non-ortho nitro benzene ring substituents is 1. The summed E-state index contributed by atoms with van der Waals surface area (Å²) < 4.78 is 25.5. The largest absolute Gasteiger partial charge is 0.493 e. The average Bonchev–Trinajstić information content (AvgIpc) is 2.83. The highest BCUT2D eigenvalue weighted by molar-refractivity contribution is 9.10. The number of nitro benzene ring substituents is 1. The van der Waals surface area contributed by atoms with Crippen LogP contribution in [0.5, 0.6) is 11.5 Å². The van der Waals surface area contributed by atoms with Gasteiger partial charge in [0.2, 0.25) is 0 Å². The number of nitro groups is 1. The quantitative estimate of drug-likeness (QED) is 0.176. The number of para-hydroxylation sites is 1. The fourth-order valence-electron chi connectivity index (χ4n) is 2.87. The van der Waals surface area contributed by atoms with Crippen LogP contribution in [0.1, 0.15) is 11.1 Å². The number of halogens is 2. The van der Waals surface area contributed by atoms with Crippen LogP contribution in [-0.2, 0) is 11.4 Å². The molecule has 0 spiro atoms. The Kier molecular flexibility index (Phi) is 7.95. The van der Waals surface area contributed by atoms with Crippen molar-refractivity contribution in [2.45, 2.75) is 6.61 Å². The van der Waals surface area contributed by atoms with E-state index in [9.17, 15) is 24.6 Å². The highest BCUT2D eigenvalue weighted by Gasteiger charge is 2.15. The molecule has 0 heterocycles. The minimum Gasteiger partial charge on any atom is -0.493 e. The van der Waals surface area contributed by atoms with Crippen molar-refractivity contribution in [3.63, 3.8) is 0 Å². The maximum absolute atomic E-state index is 13.8. The molecular formula is C24H17BrFN3O5. The standard InChI is InChI=1S/C24H17BrFN3O5/c1-33-22-11-16(10-17(13-27)24(30)28-21-5-3-2-4-20(21)26)19(25)12-23(22)34-14-15-6-8-18(9-7-15)29(31)32/h2-12H,14H2,1H3,(H,28,30)/b17-10-. The Labute approximate surface area is 202 Å². The Balaban J connectivity index is 1.80. The molecule has 34 heavy (non-hydrogen) atoms. The summed E-state index contributed by atoms with van der Waals surface area (Å²) in [5.41, 5.74) is 0.863. The molecule has 8 nitrogen and oxygen atoms in total. The molecule has 0 saturated carbocycles. The molecule has 0 bridgehead atoms. The van der Waals surface area contributed by atoms with E-state index in [-0.39, 0.29) is 23.6 Å². The lowest BCUT2D eigenvalue weighted by Gasteiger charge is -2.13. The third-order valence-electron chi connectivity index (χ3n) is 4.61. The predicted molar refractivity (Wildman–Crippen MR) is 127 cm³/mol. The number of amides is 1. The van der Waals surface area contributed by atoms with E-state index in [2.05, 4.69) is 21.2 Å². The second kappa shape index (κ2) is 11.1. The molecule has 1 amide bonds. The Hall–Kier alpha value is -4.23. The van der Waals surface area contributed by atoms with Crippen LogP contribution in [0, 0.1) is 27.3 Å². The van der Waals surface area contributed by atoms with E-state index in [1.165, 1.54) is 43.5 Å². The third-order valence-corrected chi connectivity index (χ3v) is 5.30. The summed E-state index contributed by atoms with van der Waals surface area (Å²) in [5.74, 6) is -0.676. The smallest absolute Gasteiger partial charge is 0.269 e. The van der Waals surface area contributed by atoms with Crippen molar-refractivity contribution in [3.8, 4) is 17.6 Å². The van der Waals surface area contributed by atoms with Gasteiger partial charge >= 0.3 is 0 Å². The Morgan fingerprint density at radius 3 is 2.53 bits per heavy atom. The molecule has 1 N–H and O–H groups in total. The van der Waals surface area contributed by atoms with Gasteiger partial charge in [-0.05, 0) is 53.6 Å². The van der Waals surface area contributed by atoms with Gasteiger partial charge in [-0.2, -0.15) is 5.26 Å². The van der Waals surface area contributed by atoms with E-state index in [0.717, 1.165) is 0 Å². The lowest BCUT2D eigenvalue weighted by molar-refractivity contribution is -0.384. The van der Waals surface area contributed by atoms with E-state index in [0.29, 0.717) is 27.1 Å². The maximum atomic E-state index is 13.8. The Morgan fingerprint density at radius 1 is 1.21 bits per heavy atom. The summed E-state index contributed by atoms with van der Waals surface area (Å²) >= 11 is 3.39. The lowest BCUT2D eigenvalue weighted by atomic mass is 10.1. The summed E-state index contributed by atoms with van der Waals surface area (Å²) in [6.07, 6.45) is 1.34. The molecule has 3 rings (SSSR count). The van der Waals surface area contributed by atoms with Crippen molar-refractivity contribution in [1.82, 2.24) is 0 Å². The lowest BCUT2D eigenvalue weighted by Crippen LogP contribution is -2.14. The number of ether oxygens (including phenoxy) is 2. The first-order chi connectivity index (χ1) is 16.3. The van der Waals surface area contributed by atoms with Crippen molar-refractivity contribution in [3.05, 3.63) is 97.8 Å². The van der Waals surface area contributed by atoms with Crippen LogP contribution >= 0.6 is 15.9 Å². The fourth-order valence-corrected chi connectivity index (χ4v) is 3.30. The van der Waals surface area contributed by atoms with Crippen LogP contribution in [0.2, 0.25) is 0 Å². The van der Waals surface area contributed by atoms with Gasteiger partial charge in [-0.1, -0.05) is 28.1 Å². The molecular weight excluding hydrogens is 509 g/mol. The van der Waals surface area contributed by atoms with Gasteiger partial charge in [-0.3, -0.25) is 14.9 Å². The van der Waals surface area contributed by atoms with Gasteiger partial charge in [0, 0.05) is 16.6 Å². The maximum Gasteiger partial charge on any atom is 0.269 e. The first kappa shape index (κ1) is 24.4. The van der Waals surface area contributed by atoms with E-state index >= 15 is 0 Å². The second-order valence-corrected chi connectivity index (χ2v) is 7.69. The number of carbonyl (C=O) groups is 1. The molecule has 3 aromatic rings. The fraction of sp³-hybridized carbons (Fsp3) is 0.0833. The molecule has 0 aromatic heterocycles. The van der Waals surface area contributed by atoms with Gasteiger partial charge in [-0.25, -0.2) is 4.39 Å². The van der Waals surface area contributed by atoms with E-state index < -0.39 is 16.6 Å². The summed E-state index contributed by atoms with van der Waals surface area (Å²) in [5, 5.41) is 22.6. The molecule has 0 fully saturated rings. The number of nitrogens with zero attached hydrogens (tertiary/aromatic N) is 2. The molecule has 0 unspecified atom stereocenters. The molecule has 0 saturated heterocycles. The van der Waals surface area contributed by atoms with Crippen molar-refractivity contribution in [1.29, 1.82) is 5.26 Å². The number of hydrogen-bond donors (Lipinski definition) is 1. The number of benzene rings is 3. The normalized spacial score (nSPS) is 10.8. The zero-order valence-corrected chi connectivity index (χ0v) is 19.3. The van der Waals surface area contributed by atoms with Crippen LogP contribution in [0.3, 0.4) is 0 Å². The molecule has 0 aliphatic heterocycles. The predicted octanol–water partition coefficient (Wildman–Crippen LogP) is 5.63. The molecule has 0 atom stereocenters. The Bertz CT molecular complexity index is 1300. The van der Waals surface area contributed by atoms with Crippen LogP contribution in [0.15, 0.2) is 70.7 Å². The number of nitriles is 1. The molecule has 0 aliphatic rings. The first-order valence-electron chi connectivity index (χ1n) is 9.73. The minimum atomic E-state index is -0.767. The van der Waals surface area contributed by atoms with Gasteiger partial charge in [0.05, 0.1) is 17.7 Å². The number of methoxy groups -OCH3 is 1. The second-order valence-electron chi connectivity index (χ2n) is 6.84. The van der Waals surface area contributed by atoms with Crippen molar-refractivity contribution in [2.24, 2.45) is 0 Å². The zero-order chi connectivity index (χ0) is 24.7. The van der Waals surface area contributed by atoms with E-state index in [1.807, 2.05) is 6.07 Å². The Morgan fingerprint density at radius 2 is 1.91 bits per heavy atom. The summed E-state index contributed by atoms with van der Waals surface area (Å²) in [6.45, 7) is 0.129. The van der Waals surface area contributed by atoms with Crippen LogP contribution in [0.25, 0.3) is 6.08 Å². The molecule has 172 valence electrons. The number of nitrogens with one attached hydrogen (secondary N) is 1. The van der Waals surface area contributed by atoms with Crippen molar-refractivity contribution in [2.75, 3.05) is 12.4 Å². The van der Waals surface area contributed by atoms with Gasteiger partial charge in [0.25, 0.3) is 11.6 Å². The highest BCUT2D eigenvalue weighted by Crippen LogP contribution is 2.35. The molecule has 0 aliphatic carbocycles. The average molecular weight is 526 g/mol. The van der Waals surface area contributed by atoms with Crippen LogP contribution in [0.4, 0.5) is 15.8 Å². The molecule has 3 aromatic carbocycles. The SMILES string of the molecule is COc1cc(/C=C(/C#N)C(=O)Nc2ccccc2F)c(Br)cc1OCc1ccc([N+](=O)[O-])cc1. The van der Waals surface area contributed by atoms with E-state index in [4.69, 9.17) is 9.47 Å². The van der Waals surface area contributed by atoms with Gasteiger partial charge in [0.1, 0.15) is 24.1 Å². The minimum absolute atomic E-state index is 0.0208. The first-order valence-corrected chi connectivity index (χ1v) is 10.5. The van der Waals surface area contributed by atoms with Crippen LogP contribution < -0.4 is 14.8 Å². The number of hydrogen-bond acceptors (Lipinski definition) is 6. The summed E-state index contributed by atoms with van der Waals surface area (Å²) in [6, 6.07) is 16.6.